The first kappa shape index (κ1) is 71.3. The second-order valence-electron chi connectivity index (χ2n) is 37.2. The van der Waals surface area contributed by atoms with E-state index in [2.05, 4.69) is 101 Å². The molecule has 0 aliphatic heterocycles. The Labute approximate surface area is 542 Å². The highest BCUT2D eigenvalue weighted by atomic mass is 16.3. The van der Waals surface area contributed by atoms with Gasteiger partial charge in [0.2, 0.25) is 0 Å². The molecule has 6 nitrogen and oxygen atoms in total. The molecule has 0 aromatic rings. The summed E-state index contributed by atoms with van der Waals surface area (Å²) in [4.78, 5) is 0. The van der Waals surface area contributed by atoms with Gasteiger partial charge >= 0.3 is 0 Å². The molecule has 88 heavy (non-hydrogen) atoms. The van der Waals surface area contributed by atoms with Crippen molar-refractivity contribution in [2.24, 2.45) is 141 Å². The van der Waals surface area contributed by atoms with Crippen molar-refractivity contribution in [3.8, 4) is 0 Å². The molecule has 0 spiro atoms. The highest BCUT2D eigenvalue weighted by molar-refractivity contribution is 5.25. The second kappa shape index (κ2) is 28.0. The van der Waals surface area contributed by atoms with Gasteiger partial charge in [-0.2, -0.15) is 0 Å². The van der Waals surface area contributed by atoms with Gasteiger partial charge in [0.1, 0.15) is 0 Å². The quantitative estimate of drug-likeness (QED) is 0.0909. The zero-order chi connectivity index (χ0) is 62.9. The minimum absolute atomic E-state index is 0. The van der Waals surface area contributed by atoms with Crippen LogP contribution in [-0.2, 0) is 0 Å². The fourth-order valence-electron chi connectivity index (χ4n) is 25.2. The van der Waals surface area contributed by atoms with E-state index in [1.54, 1.807) is 16.7 Å². The predicted octanol–water partition coefficient (Wildman–Crippen LogP) is 19.7. The normalized spacial score (nSPS) is 46.0. The lowest BCUT2D eigenvalue weighted by molar-refractivity contribution is -0.0538. The monoisotopic (exact) mass is 1220 g/mol. The van der Waals surface area contributed by atoms with Crippen LogP contribution < -0.4 is 0 Å². The van der Waals surface area contributed by atoms with E-state index in [1.165, 1.54) is 116 Å². The maximum absolute atomic E-state index is 10.9. The summed E-state index contributed by atoms with van der Waals surface area (Å²) in [6.45, 7) is 34.5. The smallest absolute Gasteiger partial charge is 0.0657 e. The Balaban J connectivity index is 0.000000156. The van der Waals surface area contributed by atoms with Crippen LogP contribution in [0.4, 0.5) is 0 Å². The van der Waals surface area contributed by atoms with E-state index >= 15 is 0 Å². The summed E-state index contributed by atoms with van der Waals surface area (Å²) in [7, 11) is 0. The standard InChI is InChI=1S/3C27H46O2.CH4/c3*1-17(2)6-11-25(28)18(3)23-9-10-24-22-8-7-19-16-26(4,29)14-12-20(19)21(22)13-15-27(23,24)5;/h3*7,17-18,20-25,28-29H,6,8-16H2,1-5H3;1H4/t18-,20-,21+,22+,23+,24-,25+,26-,27+;2*18-,20-,21+,22+,23+,24-,25-,26-,27+;/m000./s1. The van der Waals surface area contributed by atoms with E-state index in [0.29, 0.717) is 69.5 Å². The molecule has 9 saturated carbocycles. The van der Waals surface area contributed by atoms with Crippen molar-refractivity contribution in [3.05, 3.63) is 34.9 Å². The summed E-state index contributed by atoms with van der Waals surface area (Å²) in [6, 6.07) is 0. The summed E-state index contributed by atoms with van der Waals surface area (Å²) in [5.74, 6) is 15.2. The van der Waals surface area contributed by atoms with Crippen molar-refractivity contribution in [3.63, 3.8) is 0 Å². The van der Waals surface area contributed by atoms with Crippen LogP contribution in [0.15, 0.2) is 34.9 Å². The lowest BCUT2D eigenvalue weighted by Gasteiger charge is -2.55. The Kier molecular flexibility index (Phi) is 22.7. The Hall–Kier alpha value is -1.02. The molecular weight excluding hydrogens is 1080 g/mol. The number of rotatable bonds is 15. The van der Waals surface area contributed by atoms with Gasteiger partial charge in [-0.15, -0.1) is 0 Å². The third-order valence-corrected chi connectivity index (χ3v) is 30.2. The van der Waals surface area contributed by atoms with Crippen LogP contribution in [0, 0.1) is 141 Å². The molecule has 0 unspecified atom stereocenters. The molecule has 6 heteroatoms. The summed E-state index contributed by atoms with van der Waals surface area (Å²) in [5, 5.41) is 64.5. The topological polar surface area (TPSA) is 121 Å². The van der Waals surface area contributed by atoms with Gasteiger partial charge < -0.3 is 30.6 Å². The second-order valence-corrected chi connectivity index (χ2v) is 37.2. The summed E-state index contributed by atoms with van der Waals surface area (Å²) < 4.78 is 0. The Morgan fingerprint density at radius 3 is 0.830 bits per heavy atom. The number of fused-ring (bicyclic) bond motifs is 15. The zero-order valence-electron chi connectivity index (χ0n) is 59.0. The lowest BCUT2D eigenvalue weighted by atomic mass is 9.50. The first-order chi connectivity index (χ1) is 40.9. The molecule has 0 bridgehead atoms. The fourth-order valence-corrected chi connectivity index (χ4v) is 25.2. The largest absolute Gasteiger partial charge is 0.393 e. The minimum atomic E-state index is -0.474. The van der Waals surface area contributed by atoms with Crippen molar-refractivity contribution in [2.75, 3.05) is 0 Å². The molecule has 12 aliphatic rings. The molecule has 12 aliphatic carbocycles. The van der Waals surface area contributed by atoms with Crippen molar-refractivity contribution in [2.45, 2.75) is 339 Å². The number of aliphatic hydroxyl groups is 6. The Bertz CT molecular complexity index is 2120. The average molecular weight is 1220 g/mol. The van der Waals surface area contributed by atoms with Crippen LogP contribution in [0.25, 0.3) is 0 Å². The molecule has 0 radical (unpaired) electrons. The van der Waals surface area contributed by atoms with E-state index in [-0.39, 0.29) is 25.7 Å². The summed E-state index contributed by atoms with van der Waals surface area (Å²) in [6.07, 6.45) is 42.7. The average Bonchev–Trinajstić information content (AvgIpc) is 2.58. The molecule has 6 N–H and O–H groups in total. The van der Waals surface area contributed by atoms with Crippen molar-refractivity contribution in [1.29, 1.82) is 0 Å². The molecule has 0 aromatic carbocycles. The van der Waals surface area contributed by atoms with Crippen molar-refractivity contribution >= 4 is 0 Å². The SMILES string of the molecule is C.CC(C)CC[C@@H](O)[C@@H](C)[C@H]1CC[C@H]2[C@@H]3CC=C4C[C@@](C)(O)CC[C@@H]4[C@H]3CC[C@]12C.CC(C)CC[C@H](O)[C@@H](C)[C@H]1CC[C@H]2[C@@H]3CC=C4C[C@@](C)(O)CC[C@@H]4[C@H]3CC[C@]12C.CC(C)CC[C@H](O)[C@@H](C)[C@H]1CC[C@H]2[C@@H]3CC=C4C[C@@](C)(O)CC[C@@H]4[C@H]3CC[C@]12C. The van der Waals surface area contributed by atoms with Gasteiger partial charge in [-0.1, -0.05) is 125 Å². The first-order valence-electron chi connectivity index (χ1n) is 38.1. The van der Waals surface area contributed by atoms with Gasteiger partial charge in [0, 0.05) is 0 Å². The van der Waals surface area contributed by atoms with E-state index in [4.69, 9.17) is 0 Å². The van der Waals surface area contributed by atoms with Crippen LogP contribution in [0.3, 0.4) is 0 Å². The zero-order valence-corrected chi connectivity index (χ0v) is 59.0. The molecule has 0 aromatic heterocycles. The summed E-state index contributed by atoms with van der Waals surface area (Å²) in [5.41, 5.74) is 4.59. The van der Waals surface area contributed by atoms with Crippen LogP contribution in [0.1, 0.15) is 304 Å². The van der Waals surface area contributed by atoms with Gasteiger partial charge in [0.15, 0.2) is 0 Å². The van der Waals surface area contributed by atoms with E-state index in [1.807, 2.05) is 20.8 Å². The third kappa shape index (κ3) is 14.5. The van der Waals surface area contributed by atoms with Gasteiger partial charge in [-0.05, 0) is 354 Å². The number of allylic oxidation sites excluding steroid dienone is 3. The number of aliphatic hydroxyl groups excluding tert-OH is 3. The van der Waals surface area contributed by atoms with Gasteiger partial charge in [0.05, 0.1) is 35.1 Å². The first-order valence-corrected chi connectivity index (χ1v) is 38.1. The van der Waals surface area contributed by atoms with Gasteiger partial charge in [0.25, 0.3) is 0 Å². The van der Waals surface area contributed by atoms with E-state index in [9.17, 15) is 30.6 Å². The maximum atomic E-state index is 10.9. The molecule has 0 heterocycles. The predicted molar refractivity (Wildman–Crippen MR) is 368 cm³/mol. The van der Waals surface area contributed by atoms with Crippen LogP contribution in [-0.4, -0.2) is 65.8 Å². The molecule has 506 valence electrons. The van der Waals surface area contributed by atoms with Crippen LogP contribution >= 0.6 is 0 Å². The molecular formula is C82H142O6. The number of hydrogen-bond acceptors (Lipinski definition) is 6. The molecule has 27 atom stereocenters. The third-order valence-electron chi connectivity index (χ3n) is 30.2. The molecule has 9 fully saturated rings. The Morgan fingerprint density at radius 1 is 0.341 bits per heavy atom. The highest BCUT2D eigenvalue weighted by Gasteiger charge is 2.61. The lowest BCUT2D eigenvalue weighted by Crippen LogP contribution is -2.48. The van der Waals surface area contributed by atoms with Crippen LogP contribution in [0.2, 0.25) is 0 Å². The van der Waals surface area contributed by atoms with Crippen molar-refractivity contribution < 1.29 is 30.6 Å². The molecule has 0 amide bonds. The highest BCUT2D eigenvalue weighted by Crippen LogP contribution is 2.69. The van der Waals surface area contributed by atoms with E-state index < -0.39 is 16.8 Å². The van der Waals surface area contributed by atoms with Crippen LogP contribution in [0.5, 0.6) is 0 Å². The minimum Gasteiger partial charge on any atom is -0.393 e. The van der Waals surface area contributed by atoms with Gasteiger partial charge in [-0.25, -0.2) is 0 Å². The summed E-state index contributed by atoms with van der Waals surface area (Å²) >= 11 is 0. The van der Waals surface area contributed by atoms with Gasteiger partial charge in [-0.3, -0.25) is 0 Å². The fraction of sp³-hybridized carbons (Fsp3) is 0.927. The maximum Gasteiger partial charge on any atom is 0.0657 e. The molecule has 0 saturated heterocycles. The van der Waals surface area contributed by atoms with E-state index in [0.717, 1.165) is 148 Å². The number of hydrogen-bond donors (Lipinski definition) is 6. The van der Waals surface area contributed by atoms with Crippen molar-refractivity contribution in [1.82, 2.24) is 0 Å². The Morgan fingerprint density at radius 2 is 0.591 bits per heavy atom. The molecule has 12 rings (SSSR count).